The summed E-state index contributed by atoms with van der Waals surface area (Å²) in [4.78, 5) is 69.0. The summed E-state index contributed by atoms with van der Waals surface area (Å²) >= 11 is 0. The van der Waals surface area contributed by atoms with Gasteiger partial charge in [-0.05, 0) is 67.1 Å². The highest BCUT2D eigenvalue weighted by Crippen LogP contribution is 2.37. The van der Waals surface area contributed by atoms with Gasteiger partial charge in [0.1, 0.15) is 0 Å². The molecule has 2 fully saturated rings. The highest BCUT2D eigenvalue weighted by Gasteiger charge is 2.40. The van der Waals surface area contributed by atoms with Gasteiger partial charge in [0.25, 0.3) is 17.7 Å². The average molecular weight is 764 g/mol. The van der Waals surface area contributed by atoms with E-state index in [9.17, 15) is 37.6 Å². The number of urea groups is 1. The Labute approximate surface area is 320 Å². The summed E-state index contributed by atoms with van der Waals surface area (Å²) in [7, 11) is 0. The molecule has 2 aromatic heterocycles. The number of hydrogen-bond acceptors (Lipinski definition) is 8. The molecule has 0 spiro atoms. The fourth-order valence-corrected chi connectivity index (χ4v) is 7.01. The van der Waals surface area contributed by atoms with Crippen molar-refractivity contribution in [3.05, 3.63) is 124 Å². The van der Waals surface area contributed by atoms with Crippen LogP contribution in [-0.4, -0.2) is 101 Å². The molecule has 5 amide bonds. The van der Waals surface area contributed by atoms with E-state index in [2.05, 4.69) is 20.6 Å². The molecule has 3 aliphatic heterocycles. The number of carbonyl (C=O) groups excluding carboxylic acids is 4. The van der Waals surface area contributed by atoms with Crippen molar-refractivity contribution in [3.8, 4) is 17.5 Å². The lowest BCUT2D eigenvalue weighted by Crippen LogP contribution is -2.54. The van der Waals surface area contributed by atoms with Crippen LogP contribution in [-0.2, 0) is 11.0 Å². The maximum absolute atomic E-state index is 14.4. The number of amides is 5. The number of halogens is 3. The van der Waals surface area contributed by atoms with E-state index in [-0.39, 0.29) is 55.0 Å². The smallest absolute Gasteiger partial charge is 0.336 e. The van der Waals surface area contributed by atoms with E-state index in [4.69, 9.17) is 0 Å². The number of nitrogens with zero attached hydrogens (tertiary/aromatic N) is 7. The lowest BCUT2D eigenvalue weighted by atomic mass is 9.92. The number of nitrogens with one attached hydrogen (secondary N) is 2. The average Bonchev–Trinajstić information content (AvgIpc) is 3.23. The Balaban J connectivity index is 1.06. The third kappa shape index (κ3) is 7.66. The Morgan fingerprint density at radius 2 is 1.32 bits per heavy atom. The summed E-state index contributed by atoms with van der Waals surface area (Å²) < 4.78 is 40.9. The maximum atomic E-state index is 14.4. The molecular weight excluding hydrogens is 727 g/mol. The molecule has 5 heterocycles. The minimum absolute atomic E-state index is 0.0674. The zero-order chi connectivity index (χ0) is 39.6. The topological polar surface area (TPSA) is 155 Å². The van der Waals surface area contributed by atoms with Gasteiger partial charge in [0.05, 0.1) is 57.0 Å². The van der Waals surface area contributed by atoms with Crippen molar-refractivity contribution < 1.29 is 32.3 Å². The van der Waals surface area contributed by atoms with E-state index >= 15 is 0 Å². The monoisotopic (exact) mass is 763 g/mol. The van der Waals surface area contributed by atoms with Gasteiger partial charge in [0, 0.05) is 70.4 Å². The number of aromatic nitrogens is 2. The Hall–Kier alpha value is -6.60. The molecule has 0 unspecified atom stereocenters. The SMILES string of the molecule is CC1=C(C(=O)N2CCN(C(=O)c3ccc(-c4ccc(C(=O)N5CCNCC5)cn4)nc3)CC2)[C@@H](c2ccc(C#N)cc2)NC(=O)N1c1cccc(C(F)(F)F)c1. The van der Waals surface area contributed by atoms with Gasteiger partial charge < -0.3 is 25.3 Å². The third-order valence-corrected chi connectivity index (χ3v) is 10.1. The van der Waals surface area contributed by atoms with Gasteiger partial charge in [-0.25, -0.2) is 4.79 Å². The van der Waals surface area contributed by atoms with Gasteiger partial charge in [-0.3, -0.25) is 29.3 Å². The van der Waals surface area contributed by atoms with Gasteiger partial charge in [-0.2, -0.15) is 18.4 Å². The van der Waals surface area contributed by atoms with Crippen molar-refractivity contribution in [1.82, 2.24) is 35.3 Å². The molecule has 16 heteroatoms. The first-order valence-corrected chi connectivity index (χ1v) is 17.9. The molecule has 0 aliphatic carbocycles. The quantitative estimate of drug-likeness (QED) is 0.289. The minimum Gasteiger partial charge on any atom is -0.336 e. The number of pyridine rings is 2. The standard InChI is InChI=1S/C40H36F3N9O4/c1-25-34(35(27-7-5-26(22-44)6-8-27)48-39(56)52(25)31-4-2-3-30(21-31)40(41,42)43)38(55)51-19-17-50(18-20-51)37(54)29-10-12-33(47-24-29)32-11-9-28(23-46-32)36(53)49-15-13-45-14-16-49/h2-12,21,23-24,35,45H,13-20H2,1H3,(H,48,56)/t35-/m1/s1. The van der Waals surface area contributed by atoms with Crippen molar-refractivity contribution in [3.63, 3.8) is 0 Å². The van der Waals surface area contributed by atoms with Gasteiger partial charge >= 0.3 is 12.2 Å². The van der Waals surface area contributed by atoms with Gasteiger partial charge in [-0.15, -0.1) is 0 Å². The normalized spacial score (nSPS) is 17.7. The molecule has 286 valence electrons. The number of hydrogen-bond donors (Lipinski definition) is 2. The summed E-state index contributed by atoms with van der Waals surface area (Å²) in [6.07, 6.45) is -1.68. The van der Waals surface area contributed by atoms with Crippen molar-refractivity contribution >= 4 is 29.4 Å². The second kappa shape index (κ2) is 15.6. The molecule has 56 heavy (non-hydrogen) atoms. The molecule has 0 bridgehead atoms. The molecule has 3 aliphatic rings. The second-order valence-electron chi connectivity index (χ2n) is 13.5. The summed E-state index contributed by atoms with van der Waals surface area (Å²) in [5, 5.41) is 15.3. The first kappa shape index (κ1) is 37.7. The predicted octanol–water partition coefficient (Wildman–Crippen LogP) is 4.61. The lowest BCUT2D eigenvalue weighted by molar-refractivity contribution is -0.137. The minimum atomic E-state index is -4.66. The highest BCUT2D eigenvalue weighted by atomic mass is 19.4. The fraction of sp³-hybridized carbons (Fsp3) is 0.275. The van der Waals surface area contributed by atoms with Gasteiger partial charge in [0.15, 0.2) is 0 Å². The molecule has 7 rings (SSSR count). The number of benzene rings is 2. The first-order chi connectivity index (χ1) is 26.9. The van der Waals surface area contributed by atoms with Crippen molar-refractivity contribution in [2.24, 2.45) is 0 Å². The Bertz CT molecular complexity index is 2220. The van der Waals surface area contributed by atoms with E-state index in [1.807, 2.05) is 6.07 Å². The molecule has 0 saturated carbocycles. The number of nitriles is 1. The van der Waals surface area contributed by atoms with Gasteiger partial charge in [0.2, 0.25) is 0 Å². The molecule has 4 aromatic rings. The lowest BCUT2D eigenvalue weighted by Gasteiger charge is -2.40. The molecule has 0 radical (unpaired) electrons. The zero-order valence-electron chi connectivity index (χ0n) is 30.2. The van der Waals surface area contributed by atoms with Crippen LogP contribution >= 0.6 is 0 Å². The molecule has 2 saturated heterocycles. The van der Waals surface area contributed by atoms with E-state index in [0.717, 1.165) is 30.1 Å². The molecule has 1 atom stereocenters. The van der Waals surface area contributed by atoms with Gasteiger partial charge in [-0.1, -0.05) is 18.2 Å². The maximum Gasteiger partial charge on any atom is 0.416 e. The van der Waals surface area contributed by atoms with Crippen molar-refractivity contribution in [2.45, 2.75) is 19.1 Å². The van der Waals surface area contributed by atoms with Crippen LogP contribution in [0.5, 0.6) is 0 Å². The molecular formula is C40H36F3N9O4. The van der Waals surface area contributed by atoms with Crippen LogP contribution in [0.15, 0.2) is 96.5 Å². The van der Waals surface area contributed by atoms with Crippen LogP contribution in [0.2, 0.25) is 0 Å². The Morgan fingerprint density at radius 3 is 1.84 bits per heavy atom. The van der Waals surface area contributed by atoms with Crippen molar-refractivity contribution in [2.75, 3.05) is 57.3 Å². The Morgan fingerprint density at radius 1 is 0.768 bits per heavy atom. The van der Waals surface area contributed by atoms with Crippen LogP contribution < -0.4 is 15.5 Å². The molecule has 2 N–H and O–H groups in total. The highest BCUT2D eigenvalue weighted by molar-refractivity contribution is 6.05. The summed E-state index contributed by atoms with van der Waals surface area (Å²) in [5.74, 6) is -0.824. The van der Waals surface area contributed by atoms with Crippen LogP contribution in [0.25, 0.3) is 11.4 Å². The largest absolute Gasteiger partial charge is 0.416 e. The second-order valence-corrected chi connectivity index (χ2v) is 13.5. The molecule has 2 aromatic carbocycles. The summed E-state index contributed by atoms with van der Waals surface area (Å²) in [6, 6.07) is 17.7. The fourth-order valence-electron chi connectivity index (χ4n) is 7.01. The third-order valence-electron chi connectivity index (χ3n) is 10.1. The summed E-state index contributed by atoms with van der Waals surface area (Å²) in [5.41, 5.74) is 2.03. The zero-order valence-corrected chi connectivity index (χ0v) is 30.2. The van der Waals surface area contributed by atoms with E-state index in [1.54, 1.807) is 63.2 Å². The van der Waals surface area contributed by atoms with Crippen LogP contribution in [0.3, 0.4) is 0 Å². The number of allylic oxidation sites excluding steroid dienone is 1. The number of anilines is 1. The Kier molecular flexibility index (Phi) is 10.5. The number of piperazine rings is 2. The van der Waals surface area contributed by atoms with Crippen molar-refractivity contribution in [1.29, 1.82) is 5.26 Å². The van der Waals surface area contributed by atoms with Crippen LogP contribution in [0.1, 0.15) is 50.4 Å². The predicted molar refractivity (Wildman–Crippen MR) is 198 cm³/mol. The van der Waals surface area contributed by atoms with E-state index in [1.165, 1.54) is 31.5 Å². The van der Waals surface area contributed by atoms with Crippen LogP contribution in [0, 0.1) is 11.3 Å². The number of alkyl halides is 3. The first-order valence-electron chi connectivity index (χ1n) is 17.9. The van der Waals surface area contributed by atoms with E-state index in [0.29, 0.717) is 46.7 Å². The number of carbonyl (C=O) groups is 4. The molecule has 13 nitrogen and oxygen atoms in total. The van der Waals surface area contributed by atoms with E-state index < -0.39 is 29.7 Å². The number of rotatable bonds is 6. The summed E-state index contributed by atoms with van der Waals surface area (Å²) in [6.45, 7) is 4.93. The van der Waals surface area contributed by atoms with Crippen LogP contribution in [0.4, 0.5) is 23.7 Å².